The summed E-state index contributed by atoms with van der Waals surface area (Å²) in [5, 5.41) is 0.934. The number of fused-ring (bicyclic) bond motifs is 1. The number of nitrogens with zero attached hydrogens (tertiary/aromatic N) is 3. The number of para-hydroxylation sites is 1. The van der Waals surface area contributed by atoms with Crippen LogP contribution in [0.15, 0.2) is 47.4 Å². The number of thiazole rings is 1. The largest absolute Gasteiger partial charge is 0.497 e. The molecule has 0 spiro atoms. The van der Waals surface area contributed by atoms with E-state index in [-0.39, 0.29) is 17.3 Å². The molecule has 0 bridgehead atoms. The predicted octanol–water partition coefficient (Wildman–Crippen LogP) is 4.14. The molecule has 174 valence electrons. The van der Waals surface area contributed by atoms with Crippen molar-refractivity contribution >= 4 is 66.4 Å². The Morgan fingerprint density at radius 2 is 1.81 bits per heavy atom. The molecule has 3 aromatic rings. The van der Waals surface area contributed by atoms with Gasteiger partial charge >= 0.3 is 0 Å². The number of carbonyl (C=O) groups is 1. The summed E-state index contributed by atoms with van der Waals surface area (Å²) in [4.78, 5) is 21.2. The molecule has 0 N–H and O–H groups in total. The summed E-state index contributed by atoms with van der Waals surface area (Å²) >= 11 is 7.56. The van der Waals surface area contributed by atoms with Crippen molar-refractivity contribution in [2.75, 3.05) is 44.9 Å². The van der Waals surface area contributed by atoms with Crippen molar-refractivity contribution in [1.82, 2.24) is 9.88 Å². The number of anilines is 1. The Morgan fingerprint density at radius 1 is 1.12 bits per heavy atom. The van der Waals surface area contributed by atoms with E-state index in [9.17, 15) is 13.2 Å². The van der Waals surface area contributed by atoms with Gasteiger partial charge in [0.2, 0.25) is 5.91 Å². The predicted molar refractivity (Wildman–Crippen MR) is 132 cm³/mol. The highest BCUT2D eigenvalue weighted by Gasteiger charge is 2.26. The molecule has 7 nitrogen and oxygen atoms in total. The van der Waals surface area contributed by atoms with Crippen molar-refractivity contribution in [2.24, 2.45) is 0 Å². The van der Waals surface area contributed by atoms with E-state index in [2.05, 4.69) is 4.98 Å². The summed E-state index contributed by atoms with van der Waals surface area (Å²) in [6.07, 6.45) is 0.672. The van der Waals surface area contributed by atoms with E-state index in [1.165, 1.54) is 35.5 Å². The Hall–Kier alpha value is -1.91. The van der Waals surface area contributed by atoms with Crippen LogP contribution in [0.1, 0.15) is 6.42 Å². The second-order valence-electron chi connectivity index (χ2n) is 7.22. The Labute approximate surface area is 203 Å². The number of sulfone groups is 1. The lowest BCUT2D eigenvalue weighted by atomic mass is 10.3. The molecular formula is C21H25Cl2N3O4S2. The molecule has 0 saturated carbocycles. The third-order valence-electron chi connectivity index (χ3n) is 4.61. The van der Waals surface area contributed by atoms with Crippen LogP contribution in [-0.2, 0) is 14.6 Å². The fourth-order valence-corrected chi connectivity index (χ4v) is 5.50. The fourth-order valence-electron chi connectivity index (χ4n) is 3.00. The maximum atomic E-state index is 13.1. The van der Waals surface area contributed by atoms with Gasteiger partial charge in [0.25, 0.3) is 0 Å². The van der Waals surface area contributed by atoms with Crippen LogP contribution >= 0.6 is 35.3 Å². The van der Waals surface area contributed by atoms with Gasteiger partial charge in [0, 0.05) is 6.54 Å². The molecule has 0 fully saturated rings. The lowest BCUT2D eigenvalue weighted by molar-refractivity contribution is -0.116. The van der Waals surface area contributed by atoms with Crippen molar-refractivity contribution < 1.29 is 17.9 Å². The van der Waals surface area contributed by atoms with Gasteiger partial charge in [0.1, 0.15) is 17.0 Å². The zero-order valence-electron chi connectivity index (χ0n) is 17.9. The molecule has 0 atom stereocenters. The molecule has 0 saturated heterocycles. The highest BCUT2D eigenvalue weighted by molar-refractivity contribution is 7.92. The van der Waals surface area contributed by atoms with Crippen LogP contribution < -0.4 is 9.64 Å². The first kappa shape index (κ1) is 26.3. The first-order valence-electron chi connectivity index (χ1n) is 9.58. The Kier molecular flexibility index (Phi) is 9.29. The Morgan fingerprint density at radius 3 is 2.41 bits per heavy atom. The molecule has 0 radical (unpaired) electrons. The molecule has 1 heterocycles. The van der Waals surface area contributed by atoms with Gasteiger partial charge in [-0.1, -0.05) is 29.0 Å². The van der Waals surface area contributed by atoms with E-state index in [1.54, 1.807) is 18.2 Å². The minimum absolute atomic E-state index is 0. The van der Waals surface area contributed by atoms with Crippen molar-refractivity contribution in [3.8, 4) is 5.75 Å². The van der Waals surface area contributed by atoms with Gasteiger partial charge in [-0.15, -0.1) is 12.4 Å². The van der Waals surface area contributed by atoms with Crippen molar-refractivity contribution in [2.45, 2.75) is 11.3 Å². The average molecular weight is 518 g/mol. The number of hydrogen-bond acceptors (Lipinski definition) is 7. The number of aromatic nitrogens is 1. The van der Waals surface area contributed by atoms with Gasteiger partial charge < -0.3 is 9.64 Å². The number of benzene rings is 2. The topological polar surface area (TPSA) is 79.8 Å². The molecule has 0 aliphatic carbocycles. The fraction of sp³-hybridized carbons (Fsp3) is 0.333. The van der Waals surface area contributed by atoms with Crippen LogP contribution in [0.25, 0.3) is 10.2 Å². The van der Waals surface area contributed by atoms with E-state index < -0.39 is 21.5 Å². The van der Waals surface area contributed by atoms with Crippen molar-refractivity contribution in [3.63, 3.8) is 0 Å². The van der Waals surface area contributed by atoms with Crippen LogP contribution in [0.4, 0.5) is 5.13 Å². The summed E-state index contributed by atoms with van der Waals surface area (Å²) in [6.45, 7) is 1.10. The monoisotopic (exact) mass is 517 g/mol. The number of methoxy groups -OCH3 is 1. The average Bonchev–Trinajstić information content (AvgIpc) is 3.16. The van der Waals surface area contributed by atoms with Gasteiger partial charge in [0.05, 0.1) is 21.7 Å². The molecule has 32 heavy (non-hydrogen) atoms. The van der Waals surface area contributed by atoms with Crippen LogP contribution in [0.2, 0.25) is 5.02 Å². The number of rotatable bonds is 9. The summed E-state index contributed by atoms with van der Waals surface area (Å²) in [6, 6.07) is 11.4. The molecule has 0 aliphatic heterocycles. The highest BCUT2D eigenvalue weighted by atomic mass is 35.5. The molecular weight excluding hydrogens is 493 g/mol. The molecule has 2 aromatic carbocycles. The summed E-state index contributed by atoms with van der Waals surface area (Å²) in [5.74, 6) is -0.628. The SMILES string of the molecule is COc1ccc(S(=O)(=O)CC(=O)N(CCCN(C)C)c2nc3c(Cl)cccc3s2)cc1.Cl. The van der Waals surface area contributed by atoms with E-state index in [0.29, 0.717) is 34.4 Å². The van der Waals surface area contributed by atoms with Gasteiger partial charge in [-0.3, -0.25) is 9.69 Å². The molecule has 3 rings (SSSR count). The first-order valence-corrected chi connectivity index (χ1v) is 12.4. The zero-order chi connectivity index (χ0) is 22.6. The van der Waals surface area contributed by atoms with Crippen molar-refractivity contribution in [1.29, 1.82) is 0 Å². The number of carbonyl (C=O) groups excluding carboxylic acids is 1. The van der Waals surface area contributed by atoms with Crippen molar-refractivity contribution in [3.05, 3.63) is 47.5 Å². The van der Waals surface area contributed by atoms with Crippen LogP contribution in [0.5, 0.6) is 5.75 Å². The number of amides is 1. The molecule has 0 unspecified atom stereocenters. The van der Waals surface area contributed by atoms with Crippen LogP contribution in [-0.4, -0.2) is 64.3 Å². The number of hydrogen-bond donors (Lipinski definition) is 0. The van der Waals surface area contributed by atoms with E-state index >= 15 is 0 Å². The zero-order valence-corrected chi connectivity index (χ0v) is 21.2. The normalized spacial score (nSPS) is 11.4. The summed E-state index contributed by atoms with van der Waals surface area (Å²) < 4.78 is 31.6. The van der Waals surface area contributed by atoms with Crippen LogP contribution in [0.3, 0.4) is 0 Å². The number of halogens is 2. The third kappa shape index (κ3) is 6.32. The van der Waals surface area contributed by atoms with Gasteiger partial charge in [-0.05, 0) is 63.5 Å². The first-order chi connectivity index (χ1) is 14.7. The van der Waals surface area contributed by atoms with E-state index in [0.717, 1.165) is 11.2 Å². The quantitative estimate of drug-likeness (QED) is 0.424. The van der Waals surface area contributed by atoms with E-state index in [1.807, 2.05) is 31.1 Å². The maximum absolute atomic E-state index is 13.1. The van der Waals surface area contributed by atoms with E-state index in [4.69, 9.17) is 16.3 Å². The summed E-state index contributed by atoms with van der Waals surface area (Å²) in [7, 11) is 1.56. The second kappa shape index (κ2) is 11.3. The standard InChI is InChI=1S/C21H24ClN3O4S2.ClH/c1-24(2)12-5-13-25(21-23-20-17(22)6-4-7-18(20)30-21)19(26)14-31(27,28)16-10-8-15(29-3)9-11-16;/h4,6-11H,5,12-14H2,1-3H3;1H. The van der Waals surface area contributed by atoms with Gasteiger partial charge in [-0.25, -0.2) is 13.4 Å². The second-order valence-corrected chi connectivity index (χ2v) is 10.6. The molecule has 11 heteroatoms. The lowest BCUT2D eigenvalue weighted by Crippen LogP contribution is -2.37. The smallest absolute Gasteiger partial charge is 0.244 e. The minimum atomic E-state index is -3.82. The Bertz CT molecular complexity index is 1170. The maximum Gasteiger partial charge on any atom is 0.244 e. The lowest BCUT2D eigenvalue weighted by Gasteiger charge is -2.21. The van der Waals surface area contributed by atoms with Crippen LogP contribution in [0, 0.1) is 0 Å². The third-order valence-corrected chi connectivity index (χ3v) is 7.58. The summed E-state index contributed by atoms with van der Waals surface area (Å²) in [5.41, 5.74) is 0.604. The minimum Gasteiger partial charge on any atom is -0.497 e. The van der Waals surface area contributed by atoms with Gasteiger partial charge in [-0.2, -0.15) is 0 Å². The molecule has 0 aliphatic rings. The molecule has 1 amide bonds. The highest BCUT2D eigenvalue weighted by Crippen LogP contribution is 2.33. The number of ether oxygens (including phenoxy) is 1. The van der Waals surface area contributed by atoms with Gasteiger partial charge in [0.15, 0.2) is 15.0 Å². The molecule has 1 aromatic heterocycles. The Balaban J connectivity index is 0.00000363.